The van der Waals surface area contributed by atoms with Crippen molar-refractivity contribution < 1.29 is 33.4 Å². The summed E-state index contributed by atoms with van der Waals surface area (Å²) < 4.78 is 16.7. The van der Waals surface area contributed by atoms with Crippen LogP contribution in [0.4, 0.5) is 5.13 Å². The van der Waals surface area contributed by atoms with Gasteiger partial charge in [0.25, 0.3) is 11.8 Å². The molecule has 3 aliphatic rings. The summed E-state index contributed by atoms with van der Waals surface area (Å²) in [4.78, 5) is 50.1. The van der Waals surface area contributed by atoms with Crippen LogP contribution in [0.5, 0.6) is 5.75 Å². The van der Waals surface area contributed by atoms with Crippen LogP contribution < -0.4 is 15.8 Å². The monoisotopic (exact) mass is 573 g/mol. The van der Waals surface area contributed by atoms with Crippen molar-refractivity contribution in [2.75, 3.05) is 32.3 Å². The zero-order chi connectivity index (χ0) is 27.5. The molecule has 14 heteroatoms. The van der Waals surface area contributed by atoms with Crippen LogP contribution in [0, 0.1) is 0 Å². The SMILES string of the molecule is CO/N=C(\C(=O)N[C@@H]1C(=O)N2C(C(=O)OCc3ccc(OC)cc3)=C([C@H]3CCCO3)CS[C@H]12)c1csc(N)n1. The molecule has 12 nitrogen and oxygen atoms in total. The highest BCUT2D eigenvalue weighted by molar-refractivity contribution is 8.00. The van der Waals surface area contributed by atoms with Gasteiger partial charge in [0, 0.05) is 17.7 Å². The maximum Gasteiger partial charge on any atom is 0.355 e. The number of hydrogen-bond donors (Lipinski definition) is 2. The van der Waals surface area contributed by atoms with Gasteiger partial charge in [-0.1, -0.05) is 17.3 Å². The molecule has 2 aromatic rings. The Hall–Kier alpha value is -3.62. The van der Waals surface area contributed by atoms with E-state index in [9.17, 15) is 14.4 Å². The van der Waals surface area contributed by atoms with E-state index in [1.54, 1.807) is 36.8 Å². The first-order valence-electron chi connectivity index (χ1n) is 12.1. The van der Waals surface area contributed by atoms with E-state index in [1.165, 1.54) is 23.8 Å². The quantitative estimate of drug-likeness (QED) is 0.196. The van der Waals surface area contributed by atoms with Crippen LogP contribution in [0.1, 0.15) is 24.1 Å². The molecule has 3 N–H and O–H groups in total. The summed E-state index contributed by atoms with van der Waals surface area (Å²) in [5, 5.41) is 7.83. The van der Waals surface area contributed by atoms with Gasteiger partial charge in [0.05, 0.1) is 13.2 Å². The number of fused-ring (bicyclic) bond motifs is 1. The van der Waals surface area contributed by atoms with Crippen LogP contribution in [-0.2, 0) is 35.3 Å². The Kier molecular flexibility index (Phi) is 8.04. The fraction of sp³-hybridized carbons (Fsp3) is 0.400. The van der Waals surface area contributed by atoms with Gasteiger partial charge in [-0.25, -0.2) is 9.78 Å². The first-order chi connectivity index (χ1) is 18.9. The van der Waals surface area contributed by atoms with E-state index in [2.05, 4.69) is 15.5 Å². The Balaban J connectivity index is 1.33. The molecule has 3 aliphatic heterocycles. The number of ether oxygens (including phenoxy) is 3. The maximum absolute atomic E-state index is 13.4. The summed E-state index contributed by atoms with van der Waals surface area (Å²) in [6.07, 6.45) is 1.36. The summed E-state index contributed by atoms with van der Waals surface area (Å²) in [5.74, 6) is -0.531. The Morgan fingerprint density at radius 1 is 1.28 bits per heavy atom. The Labute approximate surface area is 232 Å². The van der Waals surface area contributed by atoms with Crippen LogP contribution in [0.25, 0.3) is 0 Å². The lowest BCUT2D eigenvalue weighted by atomic mass is 9.99. The Morgan fingerprint density at radius 2 is 2.08 bits per heavy atom. The highest BCUT2D eigenvalue weighted by Gasteiger charge is 2.55. The van der Waals surface area contributed by atoms with Crippen molar-refractivity contribution in [1.82, 2.24) is 15.2 Å². The second-order valence-electron chi connectivity index (χ2n) is 8.85. The van der Waals surface area contributed by atoms with E-state index >= 15 is 0 Å². The number of nitrogens with two attached hydrogens (primary N) is 1. The number of rotatable bonds is 9. The molecule has 0 radical (unpaired) electrons. The number of oxime groups is 1. The zero-order valence-corrected chi connectivity index (χ0v) is 22.9. The average Bonchev–Trinajstić information content (AvgIpc) is 3.64. The van der Waals surface area contributed by atoms with Crippen molar-refractivity contribution in [2.45, 2.75) is 37.0 Å². The van der Waals surface area contributed by atoms with E-state index in [4.69, 9.17) is 24.8 Å². The van der Waals surface area contributed by atoms with Gasteiger partial charge in [-0.3, -0.25) is 14.5 Å². The predicted octanol–water partition coefficient (Wildman–Crippen LogP) is 1.66. The van der Waals surface area contributed by atoms with E-state index < -0.39 is 29.2 Å². The van der Waals surface area contributed by atoms with Crippen molar-refractivity contribution in [1.29, 1.82) is 0 Å². The number of nitrogens with one attached hydrogen (secondary N) is 1. The fourth-order valence-corrected chi connectivity index (χ4v) is 6.53. The molecule has 3 atom stereocenters. The first kappa shape index (κ1) is 27.0. The number of methoxy groups -OCH3 is 1. The van der Waals surface area contributed by atoms with Gasteiger partial charge in [-0.05, 0) is 36.1 Å². The number of nitrogen functional groups attached to an aromatic ring is 1. The second kappa shape index (κ2) is 11.6. The highest BCUT2D eigenvalue weighted by atomic mass is 32.2. The number of anilines is 1. The number of thioether (sulfide) groups is 1. The molecule has 0 saturated carbocycles. The lowest BCUT2D eigenvalue weighted by Gasteiger charge is -2.50. The third-order valence-corrected chi connectivity index (χ3v) is 8.46. The van der Waals surface area contributed by atoms with Gasteiger partial charge < -0.3 is 30.1 Å². The summed E-state index contributed by atoms with van der Waals surface area (Å²) in [6, 6.07) is 6.28. The normalized spacial score (nSPS) is 22.7. The van der Waals surface area contributed by atoms with Crippen LogP contribution in [0.15, 0.2) is 46.1 Å². The molecule has 206 valence electrons. The molecule has 2 amide bonds. The highest BCUT2D eigenvalue weighted by Crippen LogP contribution is 2.43. The molecule has 1 aromatic heterocycles. The minimum absolute atomic E-state index is 0.0265. The summed E-state index contributed by atoms with van der Waals surface area (Å²) in [6.45, 7) is 0.616. The predicted molar refractivity (Wildman–Crippen MR) is 144 cm³/mol. The number of carbonyl (C=O) groups excluding carboxylic acids is 3. The van der Waals surface area contributed by atoms with Crippen molar-refractivity contribution >= 4 is 51.7 Å². The topological polar surface area (TPSA) is 155 Å². The second-order valence-corrected chi connectivity index (χ2v) is 10.8. The standard InChI is InChI=1S/C25H27N5O7S2/c1-34-14-7-5-13(6-8-14)10-37-24(33)20-15(17-4-3-9-36-17)11-38-23-19(22(32)30(20)23)28-21(31)18(29-35-2)16-12-39-25(26)27-16/h5-8,12,17,19,23H,3-4,9-11H2,1-2H3,(H2,26,27)(H,28,31)/b29-18-/t17-,19-,23-/m1/s1. The smallest absolute Gasteiger partial charge is 0.355 e. The number of nitrogens with zero attached hydrogens (tertiary/aromatic N) is 3. The van der Waals surface area contributed by atoms with Gasteiger partial charge >= 0.3 is 5.97 Å². The lowest BCUT2D eigenvalue weighted by molar-refractivity contribution is -0.153. The number of benzene rings is 1. The van der Waals surface area contributed by atoms with Gasteiger partial charge in [-0.2, -0.15) is 0 Å². The fourth-order valence-electron chi connectivity index (χ4n) is 4.57. The van der Waals surface area contributed by atoms with E-state index in [0.717, 1.165) is 35.3 Å². The van der Waals surface area contributed by atoms with Crippen molar-refractivity contribution in [3.05, 3.63) is 52.2 Å². The molecular weight excluding hydrogens is 546 g/mol. The molecule has 0 spiro atoms. The van der Waals surface area contributed by atoms with Gasteiger partial charge in [0.15, 0.2) is 10.8 Å². The molecule has 4 heterocycles. The number of aromatic nitrogens is 1. The summed E-state index contributed by atoms with van der Waals surface area (Å²) in [5.41, 5.74) is 7.52. The third-order valence-electron chi connectivity index (χ3n) is 6.49. The molecule has 5 rings (SSSR count). The largest absolute Gasteiger partial charge is 0.497 e. The lowest BCUT2D eigenvalue weighted by Crippen LogP contribution is -2.71. The number of thiazole rings is 1. The third kappa shape index (κ3) is 5.44. The van der Waals surface area contributed by atoms with E-state index in [-0.39, 0.29) is 34.9 Å². The molecule has 2 saturated heterocycles. The van der Waals surface area contributed by atoms with Crippen molar-refractivity contribution in [3.63, 3.8) is 0 Å². The molecule has 1 aromatic carbocycles. The average molecular weight is 574 g/mol. The number of carbonyl (C=O) groups is 3. The zero-order valence-electron chi connectivity index (χ0n) is 21.2. The minimum Gasteiger partial charge on any atom is -0.497 e. The van der Waals surface area contributed by atoms with Crippen molar-refractivity contribution in [2.24, 2.45) is 5.16 Å². The molecule has 0 aliphatic carbocycles. The summed E-state index contributed by atoms with van der Waals surface area (Å²) >= 11 is 2.60. The van der Waals surface area contributed by atoms with E-state index in [1.807, 2.05) is 0 Å². The van der Waals surface area contributed by atoms with Crippen LogP contribution in [-0.4, -0.2) is 77.5 Å². The van der Waals surface area contributed by atoms with Crippen molar-refractivity contribution in [3.8, 4) is 5.75 Å². The minimum atomic E-state index is -0.879. The molecule has 0 unspecified atom stereocenters. The van der Waals surface area contributed by atoms with Gasteiger partial charge in [-0.15, -0.1) is 23.1 Å². The molecule has 39 heavy (non-hydrogen) atoms. The first-order valence-corrected chi connectivity index (χ1v) is 14.1. The Bertz CT molecular complexity index is 1320. The van der Waals surface area contributed by atoms with E-state index in [0.29, 0.717) is 18.1 Å². The van der Waals surface area contributed by atoms with Crippen LogP contribution in [0.3, 0.4) is 0 Å². The summed E-state index contributed by atoms with van der Waals surface area (Å²) in [7, 11) is 2.88. The molecule has 0 bridgehead atoms. The number of β-lactam (4-membered cyclic amide) rings is 1. The number of amides is 2. The molecule has 2 fully saturated rings. The number of esters is 1. The molecular formula is C25H27N5O7S2. The van der Waals surface area contributed by atoms with Gasteiger partial charge in [0.1, 0.15) is 42.3 Å². The van der Waals surface area contributed by atoms with Gasteiger partial charge in [0.2, 0.25) is 0 Å². The number of hydrogen-bond acceptors (Lipinski definition) is 12. The Morgan fingerprint density at radius 3 is 2.72 bits per heavy atom. The van der Waals surface area contributed by atoms with Crippen LogP contribution >= 0.6 is 23.1 Å². The maximum atomic E-state index is 13.4. The van der Waals surface area contributed by atoms with Crippen LogP contribution in [0.2, 0.25) is 0 Å².